The van der Waals surface area contributed by atoms with E-state index in [9.17, 15) is 14.4 Å². The van der Waals surface area contributed by atoms with Crippen LogP contribution in [0, 0.1) is 6.92 Å². The molecule has 2 aromatic heterocycles. The number of hydrogen-bond acceptors (Lipinski definition) is 14. The number of thiazole rings is 1. The maximum Gasteiger partial charge on any atom is 0.317 e. The number of nitrogens with zero attached hydrogens (tertiary/aromatic N) is 4. The van der Waals surface area contributed by atoms with Gasteiger partial charge in [-0.15, -0.1) is 0 Å². The van der Waals surface area contributed by atoms with Gasteiger partial charge in [0.2, 0.25) is 5.76 Å². The fourth-order valence-corrected chi connectivity index (χ4v) is 6.54. The molecule has 1 amide bonds. The lowest BCUT2D eigenvalue weighted by molar-refractivity contribution is 0.0358. The quantitative estimate of drug-likeness (QED) is 0.0679. The SMILES string of the molecule is CCc1nc(C)oc1C(=O)N=c1sc2cc(C=O)cc(OC)c2n1C/C=C/CNc1c(N)cc(C=O)cc1OCCCN1CCOCC1.CN.COC. The Morgan fingerprint density at radius 1 is 1.06 bits per heavy atom. The van der Waals surface area contributed by atoms with E-state index >= 15 is 0 Å². The summed E-state index contributed by atoms with van der Waals surface area (Å²) < 4.78 is 29.6. The predicted octanol–water partition coefficient (Wildman–Crippen LogP) is 4.13. The Kier molecular flexibility index (Phi) is 17.9. The van der Waals surface area contributed by atoms with Crippen LogP contribution in [0.3, 0.4) is 0 Å². The van der Waals surface area contributed by atoms with E-state index < -0.39 is 5.91 Å². The number of ether oxygens (including phenoxy) is 4. The second kappa shape index (κ2) is 22.3. The van der Waals surface area contributed by atoms with Crippen LogP contribution in [0.15, 0.2) is 45.8 Å². The number of amides is 1. The molecule has 53 heavy (non-hydrogen) atoms. The van der Waals surface area contributed by atoms with Gasteiger partial charge in [0, 0.05) is 65.0 Å². The fraction of sp³-hybridized carbons (Fsp3) is 0.432. The van der Waals surface area contributed by atoms with Gasteiger partial charge in [0.05, 0.1) is 43.0 Å². The fourth-order valence-electron chi connectivity index (χ4n) is 5.44. The second-order valence-corrected chi connectivity index (χ2v) is 12.5. The Morgan fingerprint density at radius 2 is 1.74 bits per heavy atom. The zero-order valence-corrected chi connectivity index (χ0v) is 32.1. The number of allylic oxidation sites excluding steroid dienone is 1. The van der Waals surface area contributed by atoms with Crippen LogP contribution in [0.1, 0.15) is 56.2 Å². The van der Waals surface area contributed by atoms with Gasteiger partial charge in [0.25, 0.3) is 0 Å². The number of aromatic nitrogens is 2. The maximum absolute atomic E-state index is 13.3. The number of rotatable bonds is 15. The number of methoxy groups -OCH3 is 2. The number of aldehydes is 2. The Balaban J connectivity index is 0.00000144. The number of nitrogens with two attached hydrogens (primary N) is 2. The first-order valence-corrected chi connectivity index (χ1v) is 18.0. The van der Waals surface area contributed by atoms with Crippen molar-refractivity contribution >= 4 is 51.4 Å². The minimum atomic E-state index is -0.542. The number of oxazole rings is 1. The van der Waals surface area contributed by atoms with Gasteiger partial charge in [0.1, 0.15) is 35.3 Å². The highest BCUT2D eigenvalue weighted by atomic mass is 32.1. The summed E-state index contributed by atoms with van der Waals surface area (Å²) in [5.74, 6) is 0.950. The third-order valence-electron chi connectivity index (χ3n) is 7.77. The summed E-state index contributed by atoms with van der Waals surface area (Å²) in [7, 11) is 6.28. The molecular weight excluding hydrogens is 703 g/mol. The smallest absolute Gasteiger partial charge is 0.317 e. The van der Waals surface area contributed by atoms with E-state index in [1.807, 2.05) is 23.6 Å². The predicted molar refractivity (Wildman–Crippen MR) is 207 cm³/mol. The summed E-state index contributed by atoms with van der Waals surface area (Å²) in [6, 6.07) is 6.68. The van der Waals surface area contributed by atoms with Crippen LogP contribution >= 0.6 is 11.3 Å². The van der Waals surface area contributed by atoms with Crippen LogP contribution in [0.25, 0.3) is 10.2 Å². The molecular formula is C37H51N7O8S. The molecule has 0 saturated carbocycles. The number of carbonyl (C=O) groups excluding carboxylic acids is 3. The lowest BCUT2D eigenvalue weighted by atomic mass is 10.1. The molecule has 1 aliphatic rings. The molecule has 3 heterocycles. The molecule has 15 nitrogen and oxygen atoms in total. The third-order valence-corrected chi connectivity index (χ3v) is 8.80. The van der Waals surface area contributed by atoms with E-state index in [0.717, 1.165) is 56.5 Å². The Hall–Kier alpha value is -4.87. The second-order valence-electron chi connectivity index (χ2n) is 11.5. The summed E-state index contributed by atoms with van der Waals surface area (Å²) in [6.07, 6.45) is 6.68. The van der Waals surface area contributed by atoms with Gasteiger partial charge in [-0.25, -0.2) is 4.98 Å². The minimum absolute atomic E-state index is 0.108. The van der Waals surface area contributed by atoms with Crippen molar-refractivity contribution < 1.29 is 37.7 Å². The monoisotopic (exact) mass is 753 g/mol. The molecule has 1 fully saturated rings. The average molecular weight is 754 g/mol. The van der Waals surface area contributed by atoms with E-state index in [0.29, 0.717) is 82.0 Å². The first-order valence-electron chi connectivity index (χ1n) is 17.2. The Labute approximate surface area is 313 Å². The molecule has 0 unspecified atom stereocenters. The molecule has 5 rings (SSSR count). The standard InChI is InChI=1S/C34H40N6O7S.C2H6O.CH5N/c1-4-26-32(47-22(2)37-26)33(43)38-34-40(31-28(44-3)18-24(21-42)19-29(31)48-34)10-6-5-8-36-30-25(35)16-23(20-41)17-27(30)46-13-7-9-39-11-14-45-15-12-39;1-3-2;1-2/h5-6,16-21,36H,4,7-15,35H2,1-3H3;1-2H3;2H2,1H3/b6-5+,38-34?;;. The van der Waals surface area contributed by atoms with Gasteiger partial charge in [-0.1, -0.05) is 30.4 Å². The molecule has 288 valence electrons. The van der Waals surface area contributed by atoms with Gasteiger partial charge >= 0.3 is 5.91 Å². The van der Waals surface area contributed by atoms with E-state index in [1.54, 1.807) is 45.4 Å². The molecule has 0 aliphatic carbocycles. The molecule has 4 aromatic rings. The molecule has 1 aliphatic heterocycles. The summed E-state index contributed by atoms with van der Waals surface area (Å²) >= 11 is 1.27. The first kappa shape index (κ1) is 42.5. The van der Waals surface area contributed by atoms with Gasteiger partial charge < -0.3 is 44.7 Å². The van der Waals surface area contributed by atoms with Gasteiger partial charge in [0.15, 0.2) is 10.7 Å². The maximum atomic E-state index is 13.3. The van der Waals surface area contributed by atoms with Gasteiger partial charge in [-0.05, 0) is 44.2 Å². The largest absolute Gasteiger partial charge is 0.494 e. The van der Waals surface area contributed by atoms with Crippen molar-refractivity contribution in [3.63, 3.8) is 0 Å². The number of carbonyl (C=O) groups is 3. The number of morpholine rings is 1. The lowest BCUT2D eigenvalue weighted by Crippen LogP contribution is -2.37. The van der Waals surface area contributed by atoms with Crippen LogP contribution < -0.4 is 31.1 Å². The number of nitrogen functional groups attached to an aromatic ring is 1. The highest BCUT2D eigenvalue weighted by molar-refractivity contribution is 7.16. The van der Waals surface area contributed by atoms with Crippen molar-refractivity contribution in [2.45, 2.75) is 33.2 Å². The van der Waals surface area contributed by atoms with E-state index in [4.69, 9.17) is 24.4 Å². The molecule has 5 N–H and O–H groups in total. The number of nitrogens with one attached hydrogen (secondary N) is 1. The normalized spacial score (nSPS) is 13.2. The van der Waals surface area contributed by atoms with E-state index in [1.165, 1.54) is 25.5 Å². The lowest BCUT2D eigenvalue weighted by Gasteiger charge is -2.26. The Bertz CT molecular complexity index is 1890. The molecule has 0 atom stereocenters. The van der Waals surface area contributed by atoms with Crippen molar-refractivity contribution in [1.82, 2.24) is 14.5 Å². The minimum Gasteiger partial charge on any atom is -0.494 e. The van der Waals surface area contributed by atoms with Gasteiger partial charge in [-0.3, -0.25) is 19.3 Å². The molecule has 2 aromatic carbocycles. The molecule has 0 radical (unpaired) electrons. The van der Waals surface area contributed by atoms with Crippen molar-refractivity contribution in [3.8, 4) is 11.5 Å². The Morgan fingerprint density at radius 3 is 2.40 bits per heavy atom. The molecule has 16 heteroatoms. The summed E-state index contributed by atoms with van der Waals surface area (Å²) in [4.78, 5) is 47.9. The van der Waals surface area contributed by atoms with Crippen molar-refractivity contribution in [3.05, 3.63) is 69.7 Å². The summed E-state index contributed by atoms with van der Waals surface area (Å²) in [5, 5.41) is 3.31. The summed E-state index contributed by atoms with van der Waals surface area (Å²) in [6.45, 7) is 8.98. The summed E-state index contributed by atoms with van der Waals surface area (Å²) in [5.41, 5.74) is 13.9. The van der Waals surface area contributed by atoms with Crippen LogP contribution in [0.2, 0.25) is 0 Å². The zero-order chi connectivity index (χ0) is 38.8. The van der Waals surface area contributed by atoms with Crippen molar-refractivity contribution in [1.29, 1.82) is 0 Å². The van der Waals surface area contributed by atoms with Crippen LogP contribution in [-0.2, 0) is 22.4 Å². The average Bonchev–Trinajstić information content (AvgIpc) is 3.73. The molecule has 0 bridgehead atoms. The molecule has 1 saturated heterocycles. The number of benzene rings is 2. The topological polar surface area (TPSA) is 199 Å². The van der Waals surface area contributed by atoms with Crippen molar-refractivity contribution in [2.24, 2.45) is 10.7 Å². The number of hydrogen-bond donors (Lipinski definition) is 3. The zero-order valence-electron chi connectivity index (χ0n) is 31.3. The van der Waals surface area contributed by atoms with Gasteiger partial charge in [-0.2, -0.15) is 4.99 Å². The first-order chi connectivity index (χ1) is 25.8. The van der Waals surface area contributed by atoms with Crippen LogP contribution in [-0.4, -0.2) is 107 Å². The molecule has 0 spiro atoms. The third kappa shape index (κ3) is 11.8. The van der Waals surface area contributed by atoms with E-state index in [2.05, 4.69) is 30.7 Å². The highest BCUT2D eigenvalue weighted by Crippen LogP contribution is 2.33. The van der Waals surface area contributed by atoms with Crippen LogP contribution in [0.5, 0.6) is 11.5 Å². The van der Waals surface area contributed by atoms with E-state index in [-0.39, 0.29) is 5.76 Å². The number of fused-ring (bicyclic) bond motifs is 1. The van der Waals surface area contributed by atoms with Crippen LogP contribution in [0.4, 0.5) is 11.4 Å². The van der Waals surface area contributed by atoms with Crippen molar-refractivity contribution in [2.75, 3.05) is 85.4 Å². The highest BCUT2D eigenvalue weighted by Gasteiger charge is 2.19. The number of anilines is 2. The number of aryl methyl sites for hydroxylation is 2.